The number of fused-ring (bicyclic) bond motifs is 1. The number of carbonyl (C=O) groups is 1. The summed E-state index contributed by atoms with van der Waals surface area (Å²) in [5.41, 5.74) is 1.37. The molecule has 0 fully saturated rings. The quantitative estimate of drug-likeness (QED) is 0.785. The van der Waals surface area contributed by atoms with Crippen LogP contribution in [0.15, 0.2) is 36.4 Å². The van der Waals surface area contributed by atoms with Crippen molar-refractivity contribution in [2.45, 2.75) is 0 Å². The van der Waals surface area contributed by atoms with Gasteiger partial charge in [0, 0.05) is 0 Å². The summed E-state index contributed by atoms with van der Waals surface area (Å²) in [6, 6.07) is 10.1. The van der Waals surface area contributed by atoms with Crippen LogP contribution in [0.4, 0.5) is 5.82 Å². The van der Waals surface area contributed by atoms with Crippen LogP contribution < -0.4 is 5.32 Å². The van der Waals surface area contributed by atoms with Crippen LogP contribution in [-0.2, 0) is 0 Å². The van der Waals surface area contributed by atoms with Crippen LogP contribution in [0.3, 0.4) is 0 Å². The fourth-order valence-electron chi connectivity index (χ4n) is 1.67. The molecule has 1 aromatic carbocycles. The Bertz CT molecular complexity index is 822. The van der Waals surface area contributed by atoms with Gasteiger partial charge in [-0.3, -0.25) is 4.79 Å². The zero-order valence-electron chi connectivity index (χ0n) is 10.4. The first-order valence-electron chi connectivity index (χ1n) is 5.86. The minimum atomic E-state index is -0.495. The highest BCUT2D eigenvalue weighted by Crippen LogP contribution is 2.21. The van der Waals surface area contributed by atoms with E-state index >= 15 is 0 Å². The molecule has 1 N–H and O–H groups in total. The van der Waals surface area contributed by atoms with Crippen molar-refractivity contribution in [1.29, 1.82) is 0 Å². The van der Waals surface area contributed by atoms with Gasteiger partial charge in [0.25, 0.3) is 5.91 Å². The largest absolute Gasteiger partial charge is 0.303 e. The lowest BCUT2D eigenvalue weighted by atomic mass is 10.3. The number of para-hydroxylation sites is 2. The number of aromatic nitrogens is 4. The van der Waals surface area contributed by atoms with Crippen LogP contribution in [0.1, 0.15) is 10.5 Å². The number of anilines is 1. The molecule has 0 saturated carbocycles. The van der Waals surface area contributed by atoms with E-state index in [0.717, 1.165) is 0 Å². The van der Waals surface area contributed by atoms with Crippen molar-refractivity contribution in [3.8, 4) is 0 Å². The van der Waals surface area contributed by atoms with E-state index < -0.39 is 5.91 Å². The first-order chi connectivity index (χ1) is 10.1. The van der Waals surface area contributed by atoms with Crippen LogP contribution in [0.5, 0.6) is 0 Å². The third-order valence-corrected chi connectivity index (χ3v) is 3.09. The topological polar surface area (TPSA) is 80.7 Å². The molecule has 104 valence electrons. The van der Waals surface area contributed by atoms with E-state index in [2.05, 4.69) is 25.5 Å². The Morgan fingerprint density at radius 3 is 2.33 bits per heavy atom. The Labute approximate surface area is 129 Å². The maximum absolute atomic E-state index is 12.0. The summed E-state index contributed by atoms with van der Waals surface area (Å²) < 4.78 is 0. The number of rotatable bonds is 2. The summed E-state index contributed by atoms with van der Waals surface area (Å²) in [6.07, 6.45) is 0. The van der Waals surface area contributed by atoms with Gasteiger partial charge in [0.05, 0.1) is 11.0 Å². The first kappa shape index (κ1) is 13.7. The fourth-order valence-corrected chi connectivity index (χ4v) is 1.95. The number of carbonyl (C=O) groups excluding carboxylic acids is 1. The molecule has 0 spiro atoms. The number of halogens is 2. The molecule has 0 unspecified atom stereocenters. The van der Waals surface area contributed by atoms with Gasteiger partial charge in [-0.05, 0) is 24.3 Å². The van der Waals surface area contributed by atoms with Crippen LogP contribution in [0.25, 0.3) is 11.0 Å². The molecule has 1 amide bonds. The molecule has 0 bridgehead atoms. The van der Waals surface area contributed by atoms with E-state index in [0.29, 0.717) is 11.0 Å². The summed E-state index contributed by atoms with van der Waals surface area (Å²) in [6.45, 7) is 0. The van der Waals surface area contributed by atoms with Crippen LogP contribution >= 0.6 is 23.2 Å². The Hall–Kier alpha value is -2.31. The van der Waals surface area contributed by atoms with Gasteiger partial charge >= 0.3 is 0 Å². The van der Waals surface area contributed by atoms with Crippen LogP contribution in [0.2, 0.25) is 10.3 Å². The molecular formula is C13H7Cl2N5O. The second-order valence-corrected chi connectivity index (χ2v) is 4.79. The molecule has 8 heteroatoms. The Morgan fingerprint density at radius 2 is 1.67 bits per heavy atom. The SMILES string of the molecule is O=C(Nc1nc2ccccc2nc1Cl)c1ccc(Cl)nn1. The smallest absolute Gasteiger partial charge is 0.277 e. The number of benzene rings is 1. The lowest BCUT2D eigenvalue weighted by Gasteiger charge is -2.06. The lowest BCUT2D eigenvalue weighted by Crippen LogP contribution is -2.15. The average Bonchev–Trinajstić information content (AvgIpc) is 2.48. The molecule has 21 heavy (non-hydrogen) atoms. The van der Waals surface area contributed by atoms with Crippen molar-refractivity contribution in [2.75, 3.05) is 5.32 Å². The summed E-state index contributed by atoms with van der Waals surface area (Å²) in [4.78, 5) is 20.5. The van der Waals surface area contributed by atoms with Crippen molar-refractivity contribution in [2.24, 2.45) is 0 Å². The summed E-state index contributed by atoms with van der Waals surface area (Å²) in [5.74, 6) is -0.331. The molecule has 0 atom stereocenters. The van der Waals surface area contributed by atoms with E-state index in [4.69, 9.17) is 23.2 Å². The molecule has 0 aliphatic carbocycles. The molecule has 0 radical (unpaired) electrons. The van der Waals surface area contributed by atoms with Gasteiger partial charge in [-0.25, -0.2) is 9.97 Å². The highest BCUT2D eigenvalue weighted by molar-refractivity contribution is 6.32. The second kappa shape index (κ2) is 5.59. The molecule has 2 aromatic heterocycles. The number of amides is 1. The Morgan fingerprint density at radius 1 is 0.952 bits per heavy atom. The molecule has 6 nitrogen and oxygen atoms in total. The van der Waals surface area contributed by atoms with Gasteiger partial charge < -0.3 is 5.32 Å². The van der Waals surface area contributed by atoms with Crippen molar-refractivity contribution in [1.82, 2.24) is 20.2 Å². The maximum Gasteiger partial charge on any atom is 0.277 e. The molecule has 3 rings (SSSR count). The van der Waals surface area contributed by atoms with E-state index in [1.807, 2.05) is 12.1 Å². The average molecular weight is 320 g/mol. The number of hydrogen-bond donors (Lipinski definition) is 1. The normalized spacial score (nSPS) is 10.6. The van der Waals surface area contributed by atoms with Gasteiger partial charge in [-0.1, -0.05) is 35.3 Å². The molecular weight excluding hydrogens is 313 g/mol. The molecule has 3 aromatic rings. The highest BCUT2D eigenvalue weighted by Gasteiger charge is 2.13. The number of hydrogen-bond acceptors (Lipinski definition) is 5. The molecule has 0 saturated heterocycles. The standard InChI is InChI=1S/C13H7Cl2N5O/c14-10-6-5-9(19-20-10)13(21)18-12-11(15)16-7-3-1-2-4-8(7)17-12/h1-6H,(H,17,18,21). The van der Waals surface area contributed by atoms with Crippen molar-refractivity contribution in [3.05, 3.63) is 52.4 Å². The van der Waals surface area contributed by atoms with Gasteiger partial charge in [0.1, 0.15) is 0 Å². The zero-order chi connectivity index (χ0) is 14.8. The monoisotopic (exact) mass is 319 g/mol. The van der Waals surface area contributed by atoms with Gasteiger partial charge in [-0.2, -0.15) is 0 Å². The number of nitrogens with one attached hydrogen (secondary N) is 1. The third kappa shape index (κ3) is 2.91. The predicted molar refractivity (Wildman–Crippen MR) is 79.5 cm³/mol. The molecule has 0 aliphatic heterocycles. The second-order valence-electron chi connectivity index (χ2n) is 4.05. The van der Waals surface area contributed by atoms with E-state index in [1.54, 1.807) is 12.1 Å². The summed E-state index contributed by atoms with van der Waals surface area (Å²) >= 11 is 11.6. The van der Waals surface area contributed by atoms with Gasteiger partial charge in [-0.15, -0.1) is 10.2 Å². The van der Waals surface area contributed by atoms with Crippen molar-refractivity contribution >= 4 is 46.0 Å². The zero-order valence-corrected chi connectivity index (χ0v) is 11.9. The predicted octanol–water partition coefficient (Wildman–Crippen LogP) is 2.98. The fraction of sp³-hybridized carbons (Fsp3) is 0. The van der Waals surface area contributed by atoms with E-state index in [9.17, 15) is 4.79 Å². The van der Waals surface area contributed by atoms with Gasteiger partial charge in [0.15, 0.2) is 21.8 Å². The van der Waals surface area contributed by atoms with Gasteiger partial charge in [0.2, 0.25) is 0 Å². The molecule has 0 aliphatic rings. The van der Waals surface area contributed by atoms with Crippen LogP contribution in [-0.4, -0.2) is 26.1 Å². The van der Waals surface area contributed by atoms with Crippen molar-refractivity contribution in [3.63, 3.8) is 0 Å². The van der Waals surface area contributed by atoms with E-state index in [-0.39, 0.29) is 21.8 Å². The minimum absolute atomic E-state index is 0.101. The van der Waals surface area contributed by atoms with E-state index in [1.165, 1.54) is 12.1 Å². The van der Waals surface area contributed by atoms with Crippen molar-refractivity contribution < 1.29 is 4.79 Å². The first-order valence-corrected chi connectivity index (χ1v) is 6.62. The third-order valence-electron chi connectivity index (χ3n) is 2.62. The Balaban J connectivity index is 1.92. The maximum atomic E-state index is 12.0. The Kier molecular flexibility index (Phi) is 3.64. The lowest BCUT2D eigenvalue weighted by molar-refractivity contribution is 0.102. The highest BCUT2D eigenvalue weighted by atomic mass is 35.5. The van der Waals surface area contributed by atoms with Crippen LogP contribution in [0, 0.1) is 0 Å². The summed E-state index contributed by atoms with van der Waals surface area (Å²) in [5, 5.41) is 10.1. The summed E-state index contributed by atoms with van der Waals surface area (Å²) in [7, 11) is 0. The molecule has 2 heterocycles. The minimum Gasteiger partial charge on any atom is -0.303 e. The number of nitrogens with zero attached hydrogens (tertiary/aromatic N) is 4.